The van der Waals surface area contributed by atoms with Gasteiger partial charge in [0.15, 0.2) is 0 Å². The second kappa shape index (κ2) is 5.41. The third-order valence-corrected chi connectivity index (χ3v) is 2.33. The number of rotatable bonds is 5. The Morgan fingerprint density at radius 1 is 1.50 bits per heavy atom. The molecular weight excluding hydrogens is 208 g/mol. The molecule has 0 saturated heterocycles. The van der Waals surface area contributed by atoms with Gasteiger partial charge in [-0.05, 0) is 38.8 Å². The SMILES string of the molecule is Cc1cc(CCCCN)nc(N)c1[N+](=O)[O-]. The lowest BCUT2D eigenvalue weighted by Gasteiger charge is -2.04. The number of nitrogen functional groups attached to an aromatic ring is 1. The summed E-state index contributed by atoms with van der Waals surface area (Å²) in [4.78, 5) is 14.2. The third kappa shape index (κ3) is 2.90. The lowest BCUT2D eigenvalue weighted by Crippen LogP contribution is -2.05. The number of aryl methyl sites for hydroxylation is 2. The maximum atomic E-state index is 10.7. The van der Waals surface area contributed by atoms with Gasteiger partial charge in [-0.25, -0.2) is 4.98 Å². The van der Waals surface area contributed by atoms with Crippen molar-refractivity contribution in [2.45, 2.75) is 26.2 Å². The van der Waals surface area contributed by atoms with Crippen LogP contribution >= 0.6 is 0 Å². The summed E-state index contributed by atoms with van der Waals surface area (Å²) < 4.78 is 0. The van der Waals surface area contributed by atoms with E-state index >= 15 is 0 Å². The first-order valence-electron chi connectivity index (χ1n) is 5.16. The minimum absolute atomic E-state index is 0.00671. The summed E-state index contributed by atoms with van der Waals surface area (Å²) in [5.41, 5.74) is 12.2. The Morgan fingerprint density at radius 3 is 2.69 bits per heavy atom. The number of nitrogens with zero attached hydrogens (tertiary/aromatic N) is 2. The monoisotopic (exact) mass is 224 g/mol. The predicted molar refractivity (Wildman–Crippen MR) is 62.0 cm³/mol. The van der Waals surface area contributed by atoms with Crippen molar-refractivity contribution < 1.29 is 4.92 Å². The second-order valence-corrected chi connectivity index (χ2v) is 3.67. The fourth-order valence-corrected chi connectivity index (χ4v) is 1.58. The van der Waals surface area contributed by atoms with E-state index in [0.29, 0.717) is 12.1 Å². The van der Waals surface area contributed by atoms with E-state index in [1.54, 1.807) is 13.0 Å². The van der Waals surface area contributed by atoms with Crippen molar-refractivity contribution in [1.82, 2.24) is 4.98 Å². The van der Waals surface area contributed by atoms with Crippen molar-refractivity contribution in [2.75, 3.05) is 12.3 Å². The van der Waals surface area contributed by atoms with Gasteiger partial charge in [0.1, 0.15) is 0 Å². The Hall–Kier alpha value is -1.69. The predicted octanol–water partition coefficient (Wildman–Crippen LogP) is 1.16. The number of unbranched alkanes of at least 4 members (excludes halogenated alkanes) is 1. The zero-order chi connectivity index (χ0) is 12.1. The highest BCUT2D eigenvalue weighted by atomic mass is 16.6. The number of hydrogen-bond acceptors (Lipinski definition) is 5. The van der Waals surface area contributed by atoms with Gasteiger partial charge in [0.2, 0.25) is 5.82 Å². The highest BCUT2D eigenvalue weighted by molar-refractivity contribution is 5.57. The quantitative estimate of drug-likeness (QED) is 0.443. The van der Waals surface area contributed by atoms with Gasteiger partial charge in [-0.1, -0.05) is 0 Å². The highest BCUT2D eigenvalue weighted by Gasteiger charge is 2.17. The molecule has 0 radical (unpaired) electrons. The average molecular weight is 224 g/mol. The van der Waals surface area contributed by atoms with Crippen LogP contribution in [0.4, 0.5) is 11.5 Å². The van der Waals surface area contributed by atoms with Crippen LogP contribution < -0.4 is 11.5 Å². The molecule has 0 aliphatic heterocycles. The van der Waals surface area contributed by atoms with Crippen molar-refractivity contribution in [3.8, 4) is 0 Å². The summed E-state index contributed by atoms with van der Waals surface area (Å²) in [6, 6.07) is 1.71. The third-order valence-electron chi connectivity index (χ3n) is 2.33. The molecule has 0 unspecified atom stereocenters. The van der Waals surface area contributed by atoms with E-state index in [4.69, 9.17) is 11.5 Å². The molecule has 0 atom stereocenters. The van der Waals surface area contributed by atoms with E-state index in [-0.39, 0.29) is 11.5 Å². The molecule has 0 saturated carbocycles. The lowest BCUT2D eigenvalue weighted by molar-refractivity contribution is -0.384. The summed E-state index contributed by atoms with van der Waals surface area (Å²) in [5.74, 6) is -0.00671. The molecule has 6 heteroatoms. The highest BCUT2D eigenvalue weighted by Crippen LogP contribution is 2.24. The molecule has 0 bridgehead atoms. The molecule has 88 valence electrons. The van der Waals surface area contributed by atoms with Crippen LogP contribution in [0.5, 0.6) is 0 Å². The minimum atomic E-state index is -0.499. The molecule has 1 heterocycles. The summed E-state index contributed by atoms with van der Waals surface area (Å²) in [6.07, 6.45) is 2.58. The number of nitro groups is 1. The van der Waals surface area contributed by atoms with E-state index in [0.717, 1.165) is 25.0 Å². The van der Waals surface area contributed by atoms with Crippen LogP contribution in [0.1, 0.15) is 24.1 Å². The van der Waals surface area contributed by atoms with Crippen molar-refractivity contribution >= 4 is 11.5 Å². The molecule has 0 amide bonds. The average Bonchev–Trinajstić information content (AvgIpc) is 2.16. The van der Waals surface area contributed by atoms with E-state index in [1.165, 1.54) is 0 Å². The van der Waals surface area contributed by atoms with Gasteiger partial charge >= 0.3 is 5.69 Å². The van der Waals surface area contributed by atoms with Crippen LogP contribution in [-0.2, 0) is 6.42 Å². The van der Waals surface area contributed by atoms with Gasteiger partial charge in [0, 0.05) is 11.3 Å². The van der Waals surface area contributed by atoms with Crippen molar-refractivity contribution in [3.63, 3.8) is 0 Å². The molecule has 0 aromatic carbocycles. The van der Waals surface area contributed by atoms with Crippen LogP contribution in [-0.4, -0.2) is 16.5 Å². The Morgan fingerprint density at radius 2 is 2.19 bits per heavy atom. The van der Waals surface area contributed by atoms with Gasteiger partial charge in [0.25, 0.3) is 0 Å². The number of nitrogens with two attached hydrogens (primary N) is 2. The van der Waals surface area contributed by atoms with Crippen LogP contribution in [0.2, 0.25) is 0 Å². The molecule has 1 aromatic rings. The summed E-state index contributed by atoms with van der Waals surface area (Å²) in [5, 5.41) is 10.7. The first-order chi connectivity index (χ1) is 7.56. The van der Waals surface area contributed by atoms with Gasteiger partial charge in [-0.2, -0.15) is 0 Å². The van der Waals surface area contributed by atoms with Crippen molar-refractivity contribution in [2.24, 2.45) is 5.73 Å². The Labute approximate surface area is 93.8 Å². The van der Waals surface area contributed by atoms with Crippen LogP contribution in [0, 0.1) is 17.0 Å². The van der Waals surface area contributed by atoms with Gasteiger partial charge in [-0.3, -0.25) is 10.1 Å². The second-order valence-electron chi connectivity index (χ2n) is 3.67. The van der Waals surface area contributed by atoms with Gasteiger partial charge in [0.05, 0.1) is 4.92 Å². The largest absolute Gasteiger partial charge is 0.378 e. The first-order valence-corrected chi connectivity index (χ1v) is 5.16. The molecule has 0 spiro atoms. The standard InChI is InChI=1S/C10H16N4O2/c1-7-6-8(4-2-3-5-11)13-10(12)9(7)14(15)16/h6H,2-5,11H2,1H3,(H2,12,13). The van der Waals surface area contributed by atoms with Gasteiger partial charge in [-0.15, -0.1) is 0 Å². The van der Waals surface area contributed by atoms with Crippen molar-refractivity contribution in [3.05, 3.63) is 27.4 Å². The molecule has 0 fully saturated rings. The lowest BCUT2D eigenvalue weighted by atomic mass is 10.1. The van der Waals surface area contributed by atoms with E-state index in [9.17, 15) is 10.1 Å². The smallest absolute Gasteiger partial charge is 0.314 e. The number of anilines is 1. The first kappa shape index (κ1) is 12.4. The number of aromatic nitrogens is 1. The molecule has 0 aliphatic rings. The molecule has 1 aromatic heterocycles. The molecule has 16 heavy (non-hydrogen) atoms. The number of hydrogen-bond donors (Lipinski definition) is 2. The van der Waals surface area contributed by atoms with Gasteiger partial charge < -0.3 is 11.5 Å². The summed E-state index contributed by atoms with van der Waals surface area (Å²) in [6.45, 7) is 2.31. The van der Waals surface area contributed by atoms with E-state index < -0.39 is 4.92 Å². The molecular formula is C10H16N4O2. The van der Waals surface area contributed by atoms with Crippen LogP contribution in [0.3, 0.4) is 0 Å². The summed E-state index contributed by atoms with van der Waals surface area (Å²) in [7, 11) is 0. The Bertz CT molecular complexity index is 369. The zero-order valence-corrected chi connectivity index (χ0v) is 9.27. The minimum Gasteiger partial charge on any atom is -0.378 e. The zero-order valence-electron chi connectivity index (χ0n) is 9.27. The maximum absolute atomic E-state index is 10.7. The molecule has 1 rings (SSSR count). The number of pyridine rings is 1. The normalized spacial score (nSPS) is 10.4. The summed E-state index contributed by atoms with van der Waals surface area (Å²) >= 11 is 0. The van der Waals surface area contributed by atoms with Crippen molar-refractivity contribution in [1.29, 1.82) is 0 Å². The fraction of sp³-hybridized carbons (Fsp3) is 0.500. The van der Waals surface area contributed by atoms with E-state index in [2.05, 4.69) is 4.98 Å². The Balaban J connectivity index is 2.87. The topological polar surface area (TPSA) is 108 Å². The van der Waals surface area contributed by atoms with Crippen LogP contribution in [0.25, 0.3) is 0 Å². The Kier molecular flexibility index (Phi) is 4.19. The van der Waals surface area contributed by atoms with Crippen LogP contribution in [0.15, 0.2) is 6.07 Å². The molecule has 0 aliphatic carbocycles. The van der Waals surface area contributed by atoms with E-state index in [1.807, 2.05) is 0 Å². The molecule has 4 N–H and O–H groups in total. The maximum Gasteiger partial charge on any atom is 0.314 e. The molecule has 6 nitrogen and oxygen atoms in total. The fourth-order valence-electron chi connectivity index (χ4n) is 1.58.